The zero-order valence-corrected chi connectivity index (χ0v) is 17.0. The number of hydrogen-bond donors (Lipinski definition) is 1. The van der Waals surface area contributed by atoms with Gasteiger partial charge in [0, 0.05) is 42.5 Å². The van der Waals surface area contributed by atoms with Gasteiger partial charge in [0.1, 0.15) is 5.82 Å². The van der Waals surface area contributed by atoms with E-state index in [1.165, 1.54) is 0 Å². The van der Waals surface area contributed by atoms with Gasteiger partial charge in [-0.25, -0.2) is 4.98 Å². The second kappa shape index (κ2) is 8.44. The Balaban J connectivity index is 1.45. The summed E-state index contributed by atoms with van der Waals surface area (Å²) < 4.78 is 0.965. The first-order valence-electron chi connectivity index (χ1n) is 9.27. The number of nitrogens with zero attached hydrogens (tertiary/aromatic N) is 3. The number of halogens is 1. The van der Waals surface area contributed by atoms with Gasteiger partial charge >= 0.3 is 0 Å². The minimum absolute atomic E-state index is 0.0578. The van der Waals surface area contributed by atoms with Crippen molar-refractivity contribution in [2.75, 3.05) is 36.4 Å². The maximum absolute atomic E-state index is 13.1. The molecule has 6 heteroatoms. The summed E-state index contributed by atoms with van der Waals surface area (Å²) in [5.41, 5.74) is 2.49. The van der Waals surface area contributed by atoms with E-state index in [9.17, 15) is 4.79 Å². The molecule has 0 radical (unpaired) electrons. The van der Waals surface area contributed by atoms with Crippen molar-refractivity contribution in [2.24, 2.45) is 0 Å². The zero-order valence-electron chi connectivity index (χ0n) is 15.4. The van der Waals surface area contributed by atoms with Gasteiger partial charge in [0.15, 0.2) is 0 Å². The maximum atomic E-state index is 13.1. The highest BCUT2D eigenvalue weighted by Gasteiger charge is 2.24. The monoisotopic (exact) mass is 436 g/mol. The second-order valence-corrected chi connectivity index (χ2v) is 7.57. The van der Waals surface area contributed by atoms with Gasteiger partial charge in [-0.1, -0.05) is 30.3 Å². The van der Waals surface area contributed by atoms with Crippen molar-refractivity contribution in [3.8, 4) is 0 Å². The predicted octanol–water partition coefficient (Wildman–Crippen LogP) is 4.55. The number of nitrogens with one attached hydrogen (secondary N) is 1. The molecule has 28 heavy (non-hydrogen) atoms. The zero-order chi connectivity index (χ0) is 19.3. The molecule has 1 aliphatic heterocycles. The average Bonchev–Trinajstić information content (AvgIpc) is 2.75. The molecule has 1 aliphatic rings. The molecular weight excluding hydrogens is 416 g/mol. The fourth-order valence-electron chi connectivity index (χ4n) is 3.32. The van der Waals surface area contributed by atoms with Crippen LogP contribution in [0.2, 0.25) is 0 Å². The lowest BCUT2D eigenvalue weighted by Crippen LogP contribution is -2.49. The molecule has 1 saturated heterocycles. The first-order chi connectivity index (χ1) is 13.7. The number of anilines is 3. The second-order valence-electron chi connectivity index (χ2n) is 6.65. The normalized spacial score (nSPS) is 14.0. The number of rotatable bonds is 4. The lowest BCUT2D eigenvalue weighted by Gasteiger charge is -2.35. The van der Waals surface area contributed by atoms with E-state index >= 15 is 0 Å². The predicted molar refractivity (Wildman–Crippen MR) is 116 cm³/mol. The van der Waals surface area contributed by atoms with E-state index in [4.69, 9.17) is 0 Å². The van der Waals surface area contributed by atoms with Crippen LogP contribution >= 0.6 is 15.9 Å². The first kappa shape index (κ1) is 18.5. The van der Waals surface area contributed by atoms with Crippen LogP contribution in [0.25, 0.3) is 0 Å². The Kier molecular flexibility index (Phi) is 5.58. The van der Waals surface area contributed by atoms with Crippen LogP contribution in [0.1, 0.15) is 10.4 Å². The van der Waals surface area contributed by atoms with Crippen LogP contribution in [0.15, 0.2) is 77.4 Å². The third-order valence-corrected chi connectivity index (χ3v) is 5.28. The standard InChI is InChI=1S/C22H21BrN4O/c23-17-10-11-21(24-16-17)26-12-14-27(15-13-26)22(28)19-8-4-5-9-20(19)25-18-6-2-1-3-7-18/h1-11,16,25H,12-15H2. The summed E-state index contributed by atoms with van der Waals surface area (Å²) in [6.07, 6.45) is 1.80. The lowest BCUT2D eigenvalue weighted by molar-refractivity contribution is 0.0747. The Labute approximate surface area is 173 Å². The molecule has 0 atom stereocenters. The van der Waals surface area contributed by atoms with Gasteiger partial charge in [-0.2, -0.15) is 0 Å². The number of amides is 1. The fraction of sp³-hybridized carbons (Fsp3) is 0.182. The van der Waals surface area contributed by atoms with Crippen molar-refractivity contribution in [1.82, 2.24) is 9.88 Å². The Bertz CT molecular complexity index is 938. The van der Waals surface area contributed by atoms with Gasteiger partial charge in [-0.15, -0.1) is 0 Å². The number of carbonyl (C=O) groups excluding carboxylic acids is 1. The first-order valence-corrected chi connectivity index (χ1v) is 10.1. The quantitative estimate of drug-likeness (QED) is 0.651. The number of benzene rings is 2. The maximum Gasteiger partial charge on any atom is 0.256 e. The Morgan fingerprint density at radius 3 is 2.32 bits per heavy atom. The van der Waals surface area contributed by atoms with E-state index in [0.717, 1.165) is 34.8 Å². The Hall–Kier alpha value is -2.86. The molecule has 0 unspecified atom stereocenters. The van der Waals surface area contributed by atoms with Crippen molar-refractivity contribution >= 4 is 39.0 Å². The van der Waals surface area contributed by atoms with Gasteiger partial charge in [-0.3, -0.25) is 4.79 Å². The topological polar surface area (TPSA) is 48.5 Å². The van der Waals surface area contributed by atoms with Gasteiger partial charge in [0.05, 0.1) is 11.3 Å². The van der Waals surface area contributed by atoms with Crippen molar-refractivity contribution in [3.05, 3.63) is 83.0 Å². The fourth-order valence-corrected chi connectivity index (χ4v) is 3.55. The largest absolute Gasteiger partial charge is 0.355 e. The van der Waals surface area contributed by atoms with E-state index < -0.39 is 0 Å². The number of carbonyl (C=O) groups is 1. The van der Waals surface area contributed by atoms with E-state index in [0.29, 0.717) is 18.7 Å². The number of piperazine rings is 1. The van der Waals surface area contributed by atoms with Gasteiger partial charge in [0.2, 0.25) is 0 Å². The van der Waals surface area contributed by atoms with Gasteiger partial charge in [-0.05, 0) is 52.3 Å². The number of para-hydroxylation sites is 2. The van der Waals surface area contributed by atoms with E-state index in [1.807, 2.05) is 71.6 Å². The SMILES string of the molecule is O=C(c1ccccc1Nc1ccccc1)N1CCN(c2ccc(Br)cn2)CC1. The molecule has 2 aromatic carbocycles. The van der Waals surface area contributed by atoms with Crippen LogP contribution in [-0.2, 0) is 0 Å². The molecule has 1 aromatic heterocycles. The summed E-state index contributed by atoms with van der Waals surface area (Å²) in [5.74, 6) is 1.00. The summed E-state index contributed by atoms with van der Waals surface area (Å²) in [7, 11) is 0. The van der Waals surface area contributed by atoms with Gasteiger partial charge in [0.25, 0.3) is 5.91 Å². The van der Waals surface area contributed by atoms with Crippen LogP contribution in [-0.4, -0.2) is 42.0 Å². The van der Waals surface area contributed by atoms with E-state index in [2.05, 4.69) is 31.1 Å². The number of aromatic nitrogens is 1. The van der Waals surface area contributed by atoms with Crippen molar-refractivity contribution in [1.29, 1.82) is 0 Å². The number of pyridine rings is 1. The van der Waals surface area contributed by atoms with Crippen molar-refractivity contribution in [3.63, 3.8) is 0 Å². The van der Waals surface area contributed by atoms with Crippen molar-refractivity contribution < 1.29 is 4.79 Å². The van der Waals surface area contributed by atoms with Gasteiger partial charge < -0.3 is 15.1 Å². The highest BCUT2D eigenvalue weighted by atomic mass is 79.9. The molecule has 0 saturated carbocycles. The van der Waals surface area contributed by atoms with E-state index in [-0.39, 0.29) is 5.91 Å². The third-order valence-electron chi connectivity index (χ3n) is 4.81. The summed E-state index contributed by atoms with van der Waals surface area (Å²) in [6.45, 7) is 2.90. The summed E-state index contributed by atoms with van der Waals surface area (Å²) in [5, 5.41) is 3.36. The minimum Gasteiger partial charge on any atom is -0.355 e. The summed E-state index contributed by atoms with van der Waals surface area (Å²) in [6, 6.07) is 21.6. The Morgan fingerprint density at radius 1 is 0.893 bits per heavy atom. The minimum atomic E-state index is 0.0578. The average molecular weight is 437 g/mol. The molecule has 3 aromatic rings. The van der Waals surface area contributed by atoms with Crippen LogP contribution in [0, 0.1) is 0 Å². The molecule has 1 fully saturated rings. The molecule has 5 nitrogen and oxygen atoms in total. The molecule has 142 valence electrons. The molecular formula is C22H21BrN4O. The summed E-state index contributed by atoms with van der Waals surface area (Å²) >= 11 is 3.41. The molecule has 0 bridgehead atoms. The highest BCUT2D eigenvalue weighted by Crippen LogP contribution is 2.23. The molecule has 0 aliphatic carbocycles. The third kappa shape index (κ3) is 4.17. The van der Waals surface area contributed by atoms with Crippen LogP contribution < -0.4 is 10.2 Å². The molecule has 1 N–H and O–H groups in total. The lowest BCUT2D eigenvalue weighted by atomic mass is 10.1. The Morgan fingerprint density at radius 2 is 1.61 bits per heavy atom. The summed E-state index contributed by atoms with van der Waals surface area (Å²) in [4.78, 5) is 21.7. The number of hydrogen-bond acceptors (Lipinski definition) is 4. The van der Waals surface area contributed by atoms with Crippen molar-refractivity contribution in [2.45, 2.75) is 0 Å². The van der Waals surface area contributed by atoms with Crippen LogP contribution in [0.4, 0.5) is 17.2 Å². The van der Waals surface area contributed by atoms with Crippen LogP contribution in [0.5, 0.6) is 0 Å². The molecule has 2 heterocycles. The van der Waals surface area contributed by atoms with E-state index in [1.54, 1.807) is 6.20 Å². The highest BCUT2D eigenvalue weighted by molar-refractivity contribution is 9.10. The molecule has 1 amide bonds. The molecule has 0 spiro atoms. The smallest absolute Gasteiger partial charge is 0.256 e. The molecule has 4 rings (SSSR count). The van der Waals surface area contributed by atoms with Crippen LogP contribution in [0.3, 0.4) is 0 Å².